The second-order valence-electron chi connectivity index (χ2n) is 3.11. The van der Waals surface area contributed by atoms with Crippen LogP contribution in [0.2, 0.25) is 0 Å². The van der Waals surface area contributed by atoms with E-state index in [1.54, 1.807) is 0 Å². The van der Waals surface area contributed by atoms with Gasteiger partial charge in [-0.2, -0.15) is 0 Å². The minimum Gasteiger partial charge on any atom is -0.391 e. The summed E-state index contributed by atoms with van der Waals surface area (Å²) >= 11 is 0. The molecule has 0 spiro atoms. The number of hydrogen-bond donors (Lipinski definition) is 2. The van der Waals surface area contributed by atoms with E-state index >= 15 is 0 Å². The minimum absolute atomic E-state index is 0.390. The smallest absolute Gasteiger partial charge is 0.0773 e. The fourth-order valence-electron chi connectivity index (χ4n) is 0.747. The maximum atomic E-state index is 9.16. The number of aliphatic hydroxyl groups excluding tert-OH is 1. The first-order chi connectivity index (χ1) is 5.16. The van der Waals surface area contributed by atoms with Gasteiger partial charge in [0, 0.05) is 13.0 Å². The molecule has 1 atom stereocenters. The van der Waals surface area contributed by atoms with Gasteiger partial charge in [0.25, 0.3) is 0 Å². The van der Waals surface area contributed by atoms with Crippen molar-refractivity contribution in [2.45, 2.75) is 26.4 Å². The fraction of sp³-hybridized carbons (Fsp3) is 0.778. The van der Waals surface area contributed by atoms with Crippen molar-refractivity contribution in [2.24, 2.45) is 5.92 Å². The van der Waals surface area contributed by atoms with Crippen LogP contribution in [0, 0.1) is 18.3 Å². The molecule has 2 nitrogen and oxygen atoms in total. The molecule has 0 amide bonds. The molecule has 64 valence electrons. The molecular formula is C9H17NO. The quantitative estimate of drug-likeness (QED) is 0.570. The Kier molecular flexibility index (Phi) is 5.91. The standard InChI is InChI=1S/C9H17NO/c1-4-5-9(11)7-10-6-8(2)3/h1,8-11H,5-7H2,2-3H3. The Morgan fingerprint density at radius 1 is 1.45 bits per heavy atom. The molecule has 0 aromatic rings. The highest BCUT2D eigenvalue weighted by Gasteiger charge is 2.00. The molecule has 2 N–H and O–H groups in total. The second-order valence-corrected chi connectivity index (χ2v) is 3.11. The van der Waals surface area contributed by atoms with Crippen molar-refractivity contribution in [3.8, 4) is 12.3 Å². The highest BCUT2D eigenvalue weighted by Crippen LogP contribution is 1.90. The SMILES string of the molecule is C#CCC(O)CNCC(C)C. The molecule has 0 aliphatic heterocycles. The van der Waals surface area contributed by atoms with E-state index in [0.717, 1.165) is 6.54 Å². The van der Waals surface area contributed by atoms with Gasteiger partial charge in [0.2, 0.25) is 0 Å². The maximum Gasteiger partial charge on any atom is 0.0773 e. The average molecular weight is 155 g/mol. The second kappa shape index (κ2) is 6.21. The van der Waals surface area contributed by atoms with E-state index in [4.69, 9.17) is 11.5 Å². The predicted octanol–water partition coefficient (Wildman–Crippen LogP) is 0.616. The van der Waals surface area contributed by atoms with Gasteiger partial charge in [0.1, 0.15) is 0 Å². The van der Waals surface area contributed by atoms with E-state index in [9.17, 15) is 0 Å². The van der Waals surface area contributed by atoms with Crippen molar-refractivity contribution in [1.82, 2.24) is 5.32 Å². The Hall–Kier alpha value is -0.520. The van der Waals surface area contributed by atoms with E-state index in [1.807, 2.05) is 0 Å². The number of terminal acetylenes is 1. The summed E-state index contributed by atoms with van der Waals surface area (Å²) in [5, 5.41) is 12.3. The van der Waals surface area contributed by atoms with Gasteiger partial charge in [-0.15, -0.1) is 12.3 Å². The Morgan fingerprint density at radius 2 is 2.09 bits per heavy atom. The normalized spacial score (nSPS) is 13.0. The summed E-state index contributed by atoms with van der Waals surface area (Å²) in [5.74, 6) is 3.03. The van der Waals surface area contributed by atoms with Gasteiger partial charge in [0.15, 0.2) is 0 Å². The highest BCUT2D eigenvalue weighted by molar-refractivity contribution is 4.87. The summed E-state index contributed by atoms with van der Waals surface area (Å²) in [6, 6.07) is 0. The van der Waals surface area contributed by atoms with E-state index in [-0.39, 0.29) is 0 Å². The van der Waals surface area contributed by atoms with E-state index in [0.29, 0.717) is 18.9 Å². The van der Waals surface area contributed by atoms with Gasteiger partial charge in [-0.25, -0.2) is 0 Å². The predicted molar refractivity (Wildman–Crippen MR) is 47.2 cm³/mol. The lowest BCUT2D eigenvalue weighted by molar-refractivity contribution is 0.176. The summed E-state index contributed by atoms with van der Waals surface area (Å²) in [4.78, 5) is 0. The molecular weight excluding hydrogens is 138 g/mol. The molecule has 11 heavy (non-hydrogen) atoms. The van der Waals surface area contributed by atoms with Gasteiger partial charge < -0.3 is 10.4 Å². The first-order valence-electron chi connectivity index (χ1n) is 3.99. The van der Waals surface area contributed by atoms with Crippen LogP contribution in [-0.2, 0) is 0 Å². The zero-order chi connectivity index (χ0) is 8.69. The molecule has 0 radical (unpaired) electrons. The molecule has 2 heteroatoms. The summed E-state index contributed by atoms with van der Waals surface area (Å²) in [6.45, 7) is 5.78. The number of nitrogens with one attached hydrogen (secondary N) is 1. The first-order valence-corrected chi connectivity index (χ1v) is 3.99. The first kappa shape index (κ1) is 10.5. The Bertz CT molecular complexity index is 126. The fourth-order valence-corrected chi connectivity index (χ4v) is 0.747. The van der Waals surface area contributed by atoms with Crippen molar-refractivity contribution in [1.29, 1.82) is 0 Å². The molecule has 0 bridgehead atoms. The van der Waals surface area contributed by atoms with Gasteiger partial charge in [0.05, 0.1) is 6.10 Å². The van der Waals surface area contributed by atoms with Crippen LogP contribution in [0.25, 0.3) is 0 Å². The van der Waals surface area contributed by atoms with E-state index in [1.165, 1.54) is 0 Å². The third kappa shape index (κ3) is 7.38. The van der Waals surface area contributed by atoms with Crippen molar-refractivity contribution in [2.75, 3.05) is 13.1 Å². The molecule has 0 fully saturated rings. The van der Waals surface area contributed by atoms with E-state index < -0.39 is 6.10 Å². The molecule has 0 rings (SSSR count). The van der Waals surface area contributed by atoms with Crippen molar-refractivity contribution in [3.05, 3.63) is 0 Å². The average Bonchev–Trinajstić information content (AvgIpc) is 1.87. The number of aliphatic hydroxyl groups is 1. The van der Waals surface area contributed by atoms with E-state index in [2.05, 4.69) is 25.1 Å². The summed E-state index contributed by atoms with van der Waals surface area (Å²) < 4.78 is 0. The molecule has 0 aromatic heterocycles. The summed E-state index contributed by atoms with van der Waals surface area (Å²) in [6.07, 6.45) is 5.07. The molecule has 0 heterocycles. The Morgan fingerprint density at radius 3 is 2.55 bits per heavy atom. The lowest BCUT2D eigenvalue weighted by Gasteiger charge is -2.10. The van der Waals surface area contributed by atoms with Crippen molar-refractivity contribution in [3.63, 3.8) is 0 Å². The van der Waals surface area contributed by atoms with Gasteiger partial charge in [-0.3, -0.25) is 0 Å². The monoisotopic (exact) mass is 155 g/mol. The summed E-state index contributed by atoms with van der Waals surface area (Å²) in [7, 11) is 0. The van der Waals surface area contributed by atoms with Gasteiger partial charge >= 0.3 is 0 Å². The zero-order valence-corrected chi connectivity index (χ0v) is 7.30. The van der Waals surface area contributed by atoms with Crippen LogP contribution in [0.4, 0.5) is 0 Å². The van der Waals surface area contributed by atoms with Crippen LogP contribution in [0.5, 0.6) is 0 Å². The Labute approximate surface area is 69.0 Å². The molecule has 0 aliphatic carbocycles. The third-order valence-electron chi connectivity index (χ3n) is 1.29. The third-order valence-corrected chi connectivity index (χ3v) is 1.29. The zero-order valence-electron chi connectivity index (χ0n) is 7.30. The largest absolute Gasteiger partial charge is 0.391 e. The minimum atomic E-state index is -0.390. The lowest BCUT2D eigenvalue weighted by Crippen LogP contribution is -2.29. The van der Waals surface area contributed by atoms with Crippen LogP contribution in [0.3, 0.4) is 0 Å². The van der Waals surface area contributed by atoms with Crippen LogP contribution < -0.4 is 5.32 Å². The molecule has 0 aliphatic rings. The molecule has 0 saturated heterocycles. The van der Waals surface area contributed by atoms with Crippen LogP contribution in [-0.4, -0.2) is 24.3 Å². The van der Waals surface area contributed by atoms with Crippen LogP contribution >= 0.6 is 0 Å². The lowest BCUT2D eigenvalue weighted by atomic mass is 10.2. The van der Waals surface area contributed by atoms with Crippen LogP contribution in [0.15, 0.2) is 0 Å². The molecule has 1 unspecified atom stereocenters. The number of hydrogen-bond acceptors (Lipinski definition) is 2. The summed E-state index contributed by atoms with van der Waals surface area (Å²) in [5.41, 5.74) is 0. The molecule has 0 aromatic carbocycles. The number of rotatable bonds is 5. The Balaban J connectivity index is 3.18. The van der Waals surface area contributed by atoms with Crippen molar-refractivity contribution >= 4 is 0 Å². The highest BCUT2D eigenvalue weighted by atomic mass is 16.3. The van der Waals surface area contributed by atoms with Crippen molar-refractivity contribution < 1.29 is 5.11 Å². The molecule has 0 saturated carbocycles. The topological polar surface area (TPSA) is 32.3 Å². The van der Waals surface area contributed by atoms with Gasteiger partial charge in [-0.05, 0) is 12.5 Å². The maximum absolute atomic E-state index is 9.16. The van der Waals surface area contributed by atoms with Gasteiger partial charge in [-0.1, -0.05) is 13.8 Å². The van der Waals surface area contributed by atoms with Crippen LogP contribution in [0.1, 0.15) is 20.3 Å².